The molecule has 6 nitrogen and oxygen atoms in total. The number of carbonyl (C=O) groups is 1. The standard InChI is InChI=1S/C30H38N4O2/c1-20-5-8-23(29(35)32-25-10-11-25)16-27(20)22-9-12-26-28(15-22)24(17-31-13-4-14-33(2)3)19-34(30(26)36)18-21-6-7-21/h5,8-9,12,15-16,19,21,25,31H,4,6-7,10-11,13-14,17-18H2,1-3H3,(H,32,35). The van der Waals surface area contributed by atoms with Crippen LogP contribution in [0.1, 0.15) is 53.6 Å². The third-order valence-corrected chi connectivity index (χ3v) is 7.32. The van der Waals surface area contributed by atoms with Crippen LogP contribution in [0.2, 0.25) is 0 Å². The van der Waals surface area contributed by atoms with Crippen LogP contribution < -0.4 is 16.2 Å². The Hall–Kier alpha value is -2.96. The van der Waals surface area contributed by atoms with Crippen molar-refractivity contribution in [2.24, 2.45) is 5.92 Å². The monoisotopic (exact) mass is 486 g/mol. The molecule has 2 aromatic carbocycles. The highest BCUT2D eigenvalue weighted by Gasteiger charge is 2.25. The van der Waals surface area contributed by atoms with Crippen molar-refractivity contribution in [1.29, 1.82) is 0 Å². The molecule has 0 unspecified atom stereocenters. The highest BCUT2D eigenvalue weighted by molar-refractivity contribution is 5.97. The molecule has 0 bridgehead atoms. The summed E-state index contributed by atoms with van der Waals surface area (Å²) >= 11 is 0. The molecule has 0 aliphatic heterocycles. The summed E-state index contributed by atoms with van der Waals surface area (Å²) in [7, 11) is 4.19. The van der Waals surface area contributed by atoms with Crippen LogP contribution in [0.15, 0.2) is 47.4 Å². The first kappa shape index (κ1) is 24.7. The largest absolute Gasteiger partial charge is 0.349 e. The van der Waals surface area contributed by atoms with Crippen LogP contribution in [0, 0.1) is 12.8 Å². The Labute approximate surface area is 213 Å². The second-order valence-electron chi connectivity index (χ2n) is 10.9. The molecule has 190 valence electrons. The summed E-state index contributed by atoms with van der Waals surface area (Å²) in [5.74, 6) is 0.623. The first-order chi connectivity index (χ1) is 17.4. The molecule has 36 heavy (non-hydrogen) atoms. The lowest BCUT2D eigenvalue weighted by Crippen LogP contribution is -2.25. The highest BCUT2D eigenvalue weighted by Crippen LogP contribution is 2.32. The van der Waals surface area contributed by atoms with Gasteiger partial charge in [0.1, 0.15) is 0 Å². The average Bonchev–Trinajstić information content (AvgIpc) is 3.78. The zero-order valence-electron chi connectivity index (χ0n) is 21.8. The quantitative estimate of drug-likeness (QED) is 0.396. The summed E-state index contributed by atoms with van der Waals surface area (Å²) in [5, 5.41) is 8.44. The second-order valence-corrected chi connectivity index (χ2v) is 10.9. The molecular formula is C30H38N4O2. The summed E-state index contributed by atoms with van der Waals surface area (Å²) in [4.78, 5) is 28.2. The number of nitrogens with one attached hydrogen (secondary N) is 2. The molecule has 1 amide bonds. The number of benzene rings is 2. The molecule has 0 radical (unpaired) electrons. The lowest BCUT2D eigenvalue weighted by molar-refractivity contribution is 0.0951. The number of aromatic nitrogens is 1. The molecule has 1 heterocycles. The fraction of sp³-hybridized carbons (Fsp3) is 0.467. The van der Waals surface area contributed by atoms with E-state index in [0.29, 0.717) is 17.5 Å². The molecule has 0 atom stereocenters. The Morgan fingerprint density at radius 1 is 1.06 bits per heavy atom. The summed E-state index contributed by atoms with van der Waals surface area (Å²) in [6.45, 7) is 5.58. The van der Waals surface area contributed by atoms with Gasteiger partial charge in [0.15, 0.2) is 0 Å². The molecule has 0 spiro atoms. The van der Waals surface area contributed by atoms with Gasteiger partial charge in [-0.05, 0) is 124 Å². The number of rotatable bonds is 11. The topological polar surface area (TPSA) is 66.4 Å². The summed E-state index contributed by atoms with van der Waals surface area (Å²) in [6.07, 6.45) is 7.71. The smallest absolute Gasteiger partial charge is 0.258 e. The fourth-order valence-electron chi connectivity index (χ4n) is 4.80. The van der Waals surface area contributed by atoms with Gasteiger partial charge in [-0.3, -0.25) is 9.59 Å². The van der Waals surface area contributed by atoms with Crippen LogP contribution in [0.3, 0.4) is 0 Å². The van der Waals surface area contributed by atoms with Crippen molar-refractivity contribution in [2.45, 2.75) is 58.2 Å². The van der Waals surface area contributed by atoms with Gasteiger partial charge in [0, 0.05) is 36.3 Å². The number of pyridine rings is 1. The maximum atomic E-state index is 13.3. The van der Waals surface area contributed by atoms with Gasteiger partial charge >= 0.3 is 0 Å². The van der Waals surface area contributed by atoms with Crippen LogP contribution in [-0.4, -0.2) is 48.6 Å². The molecule has 3 aromatic rings. The van der Waals surface area contributed by atoms with Crippen molar-refractivity contribution in [3.8, 4) is 11.1 Å². The van der Waals surface area contributed by atoms with E-state index >= 15 is 0 Å². The maximum absolute atomic E-state index is 13.3. The van der Waals surface area contributed by atoms with Crippen molar-refractivity contribution < 1.29 is 4.79 Å². The SMILES string of the molecule is Cc1ccc(C(=O)NC2CC2)cc1-c1ccc2c(=O)n(CC3CC3)cc(CNCCCN(C)C)c2c1. The number of hydrogen-bond acceptors (Lipinski definition) is 4. The van der Waals surface area contributed by atoms with Crippen molar-refractivity contribution in [1.82, 2.24) is 20.1 Å². The predicted molar refractivity (Wildman–Crippen MR) is 146 cm³/mol. The van der Waals surface area contributed by atoms with Gasteiger partial charge in [-0.15, -0.1) is 0 Å². The Balaban J connectivity index is 1.48. The summed E-state index contributed by atoms with van der Waals surface area (Å²) < 4.78 is 1.92. The Bertz CT molecular complexity index is 1320. The van der Waals surface area contributed by atoms with Crippen LogP contribution >= 0.6 is 0 Å². The third-order valence-electron chi connectivity index (χ3n) is 7.32. The van der Waals surface area contributed by atoms with Gasteiger partial charge in [0.05, 0.1) is 0 Å². The number of aryl methyl sites for hydroxylation is 1. The lowest BCUT2D eigenvalue weighted by Gasteiger charge is -2.16. The average molecular weight is 487 g/mol. The molecule has 2 fully saturated rings. The van der Waals surface area contributed by atoms with E-state index < -0.39 is 0 Å². The van der Waals surface area contributed by atoms with E-state index in [0.717, 1.165) is 78.5 Å². The number of fused-ring (bicyclic) bond motifs is 1. The first-order valence-electron chi connectivity index (χ1n) is 13.3. The first-order valence-corrected chi connectivity index (χ1v) is 13.3. The van der Waals surface area contributed by atoms with E-state index in [1.54, 1.807) is 0 Å². The number of nitrogens with zero attached hydrogens (tertiary/aromatic N) is 2. The zero-order chi connectivity index (χ0) is 25.2. The van der Waals surface area contributed by atoms with E-state index in [4.69, 9.17) is 0 Å². The molecule has 0 saturated heterocycles. The van der Waals surface area contributed by atoms with E-state index in [1.807, 2.05) is 34.9 Å². The predicted octanol–water partition coefficient (Wildman–Crippen LogP) is 4.32. The molecule has 2 aliphatic rings. The van der Waals surface area contributed by atoms with Crippen molar-refractivity contribution in [2.75, 3.05) is 27.2 Å². The van der Waals surface area contributed by atoms with Gasteiger partial charge in [-0.2, -0.15) is 0 Å². The van der Waals surface area contributed by atoms with Gasteiger partial charge in [0.2, 0.25) is 0 Å². The van der Waals surface area contributed by atoms with Crippen molar-refractivity contribution >= 4 is 16.7 Å². The zero-order valence-corrected chi connectivity index (χ0v) is 21.8. The minimum absolute atomic E-state index is 0.00915. The molecule has 1 aromatic heterocycles. The summed E-state index contributed by atoms with van der Waals surface area (Å²) in [6, 6.07) is 12.4. The molecule has 6 heteroatoms. The lowest BCUT2D eigenvalue weighted by atomic mass is 9.95. The van der Waals surface area contributed by atoms with Crippen LogP contribution in [0.4, 0.5) is 0 Å². The van der Waals surface area contributed by atoms with E-state index in [1.165, 1.54) is 12.8 Å². The molecule has 2 N–H and O–H groups in total. The van der Waals surface area contributed by atoms with Crippen molar-refractivity contribution in [3.63, 3.8) is 0 Å². The molecular weight excluding hydrogens is 448 g/mol. The van der Waals surface area contributed by atoms with Gasteiger partial charge in [-0.1, -0.05) is 12.1 Å². The van der Waals surface area contributed by atoms with E-state index in [2.05, 4.69) is 48.8 Å². The van der Waals surface area contributed by atoms with Crippen molar-refractivity contribution in [3.05, 3.63) is 69.6 Å². The molecule has 5 rings (SSSR count). The molecule has 2 saturated carbocycles. The van der Waals surface area contributed by atoms with Crippen LogP contribution in [0.5, 0.6) is 0 Å². The maximum Gasteiger partial charge on any atom is 0.258 e. The van der Waals surface area contributed by atoms with E-state index in [-0.39, 0.29) is 11.5 Å². The fourth-order valence-corrected chi connectivity index (χ4v) is 4.80. The number of amides is 1. The van der Waals surface area contributed by atoms with E-state index in [9.17, 15) is 9.59 Å². The Morgan fingerprint density at radius 3 is 2.58 bits per heavy atom. The summed E-state index contributed by atoms with van der Waals surface area (Å²) in [5.41, 5.74) is 5.11. The highest BCUT2D eigenvalue weighted by atomic mass is 16.1. The van der Waals surface area contributed by atoms with Gasteiger partial charge in [0.25, 0.3) is 11.5 Å². The van der Waals surface area contributed by atoms with Crippen LogP contribution in [-0.2, 0) is 13.1 Å². The molecule has 2 aliphatic carbocycles. The minimum Gasteiger partial charge on any atom is -0.349 e. The van der Waals surface area contributed by atoms with Gasteiger partial charge < -0.3 is 20.1 Å². The third kappa shape index (κ3) is 5.88. The normalized spacial score (nSPS) is 15.6. The second kappa shape index (κ2) is 10.6. The van der Waals surface area contributed by atoms with Gasteiger partial charge in [-0.25, -0.2) is 0 Å². The Morgan fingerprint density at radius 2 is 1.86 bits per heavy atom. The minimum atomic E-state index is -0.00915. The number of hydrogen-bond donors (Lipinski definition) is 2. The Kier molecular flexibility index (Phi) is 7.26. The number of carbonyl (C=O) groups excluding carboxylic acids is 1. The van der Waals surface area contributed by atoms with Crippen LogP contribution in [0.25, 0.3) is 21.9 Å².